The van der Waals surface area contributed by atoms with Gasteiger partial charge in [-0.3, -0.25) is 0 Å². The van der Waals surface area contributed by atoms with Crippen LogP contribution in [-0.2, 0) is 4.62 Å². The zero-order valence-electron chi connectivity index (χ0n) is 14.9. The quantitative estimate of drug-likeness (QED) is 0.431. The summed E-state index contributed by atoms with van der Waals surface area (Å²) in [5.41, 5.74) is 0. The van der Waals surface area contributed by atoms with Crippen LogP contribution in [0.1, 0.15) is 39.5 Å². The molecule has 0 saturated carbocycles. The molecule has 0 heterocycles. The Bertz CT molecular complexity index is 220. The van der Waals surface area contributed by atoms with E-state index in [0.29, 0.717) is 0 Å². The van der Waals surface area contributed by atoms with Gasteiger partial charge in [-0.15, -0.1) is 0 Å². The van der Waals surface area contributed by atoms with Crippen molar-refractivity contribution < 1.29 is 4.62 Å². The van der Waals surface area contributed by atoms with Gasteiger partial charge in [0.15, 0.2) is 0 Å². The molecule has 0 fully saturated rings. The van der Waals surface area contributed by atoms with Gasteiger partial charge in [0.05, 0.1) is 0 Å². The molecule has 0 N–H and O–H groups in total. The van der Waals surface area contributed by atoms with Crippen molar-refractivity contribution in [3.05, 3.63) is 0 Å². The molecule has 0 aliphatic rings. The van der Waals surface area contributed by atoms with Crippen molar-refractivity contribution in [2.24, 2.45) is 0 Å². The van der Waals surface area contributed by atoms with Crippen LogP contribution < -0.4 is 0 Å². The second-order valence-electron chi connectivity index (χ2n) is 5.98. The number of hydrogen-bond acceptors (Lipinski definition) is 5. The van der Waals surface area contributed by atoms with Gasteiger partial charge in [-0.2, -0.15) is 0 Å². The van der Waals surface area contributed by atoms with Crippen molar-refractivity contribution in [3.8, 4) is 0 Å². The van der Waals surface area contributed by atoms with Crippen molar-refractivity contribution in [2.45, 2.75) is 39.5 Å². The van der Waals surface area contributed by atoms with Crippen molar-refractivity contribution in [2.75, 3.05) is 55.4 Å². The summed E-state index contributed by atoms with van der Waals surface area (Å²) in [7, 11) is 10.4. The number of nitrogens with zero attached hydrogens (tertiary/aromatic N) is 4. The summed E-state index contributed by atoms with van der Waals surface area (Å²) < 4.78 is 13.3. The van der Waals surface area contributed by atoms with E-state index >= 15 is 0 Å². The van der Waals surface area contributed by atoms with Crippen molar-refractivity contribution in [1.82, 2.24) is 19.1 Å². The predicted octanol–water partition coefficient (Wildman–Crippen LogP) is 2.91. The fourth-order valence-corrected chi connectivity index (χ4v) is 5.91. The van der Waals surface area contributed by atoms with E-state index in [1.807, 2.05) is 0 Å². The fourth-order valence-electron chi connectivity index (χ4n) is 2.49. The summed E-state index contributed by atoms with van der Waals surface area (Å²) in [4.78, 5) is 0. The Morgan fingerprint density at radius 2 is 1.05 bits per heavy atom. The molecule has 124 valence electrons. The molecule has 0 aromatic carbocycles. The zero-order valence-corrected chi connectivity index (χ0v) is 15.9. The Morgan fingerprint density at radius 3 is 1.30 bits per heavy atom. The monoisotopic (exact) mass is 308 g/mol. The van der Waals surface area contributed by atoms with Crippen LogP contribution in [0.15, 0.2) is 0 Å². The van der Waals surface area contributed by atoms with Crippen LogP contribution >= 0.6 is 7.94 Å². The van der Waals surface area contributed by atoms with Gasteiger partial charge in [0.1, 0.15) is 0 Å². The van der Waals surface area contributed by atoms with Crippen LogP contribution in [0.2, 0.25) is 0 Å². The van der Waals surface area contributed by atoms with E-state index in [1.165, 1.54) is 25.7 Å². The molecule has 0 unspecified atom stereocenters. The third-order valence-corrected chi connectivity index (χ3v) is 7.52. The van der Waals surface area contributed by atoms with Crippen LogP contribution in [0.4, 0.5) is 0 Å². The molecule has 0 rings (SSSR count). The minimum atomic E-state index is -2.26. The zero-order chi connectivity index (χ0) is 15.8. The normalized spacial score (nSPS) is 14.0. The summed E-state index contributed by atoms with van der Waals surface area (Å²) >= 11 is 0. The van der Waals surface area contributed by atoms with E-state index in [4.69, 9.17) is 4.62 Å². The van der Waals surface area contributed by atoms with Gasteiger partial charge in [0.25, 0.3) is 0 Å². The van der Waals surface area contributed by atoms with Crippen LogP contribution in [0, 0.1) is 0 Å². The Balaban J connectivity index is 5.03. The Morgan fingerprint density at radius 1 is 0.700 bits per heavy atom. The number of rotatable bonds is 11. The van der Waals surface area contributed by atoms with Crippen molar-refractivity contribution >= 4 is 7.94 Å². The molecule has 0 radical (unpaired) electrons. The number of hydrogen-bond donors (Lipinski definition) is 0. The maximum absolute atomic E-state index is 6.58. The first-order chi connectivity index (χ1) is 9.32. The van der Waals surface area contributed by atoms with Gasteiger partial charge in [-0.05, 0) is 0 Å². The van der Waals surface area contributed by atoms with E-state index in [1.54, 1.807) is 0 Å². The maximum atomic E-state index is 6.58. The minimum absolute atomic E-state index is 1.01. The van der Waals surface area contributed by atoms with Crippen molar-refractivity contribution in [3.63, 3.8) is 0 Å². The van der Waals surface area contributed by atoms with Gasteiger partial charge in [-0.25, -0.2) is 0 Å². The standard InChI is InChI=1S/C14H37N4OP/c1-9-11-13-18(14-12-10-2)19-20(15(3)4,16(5)6)17(7)8/h20H,9-14H2,1-8H3. The summed E-state index contributed by atoms with van der Waals surface area (Å²) in [5.74, 6) is 0. The average molecular weight is 308 g/mol. The van der Waals surface area contributed by atoms with Gasteiger partial charge in [0, 0.05) is 0 Å². The third kappa shape index (κ3) is 5.55. The Labute approximate surface area is 127 Å². The van der Waals surface area contributed by atoms with Crippen LogP contribution in [0.5, 0.6) is 0 Å². The third-order valence-electron chi connectivity index (χ3n) is 3.52. The molecule has 0 atom stereocenters. The molecule has 0 amide bonds. The first-order valence-corrected chi connectivity index (χ1v) is 9.54. The summed E-state index contributed by atoms with van der Waals surface area (Å²) in [6, 6.07) is 0. The molecule has 0 aliphatic carbocycles. The van der Waals surface area contributed by atoms with Crippen molar-refractivity contribution in [1.29, 1.82) is 0 Å². The summed E-state index contributed by atoms with van der Waals surface area (Å²) in [5, 5.41) is 2.19. The molecule has 0 bridgehead atoms. The topological polar surface area (TPSA) is 22.2 Å². The van der Waals surface area contributed by atoms with Gasteiger partial charge < -0.3 is 0 Å². The molecular formula is C14H37N4OP. The molecule has 0 spiro atoms. The molecule has 0 saturated heterocycles. The molecule has 0 aromatic rings. The SMILES string of the molecule is CCCCN(CCCC)O[PH](N(C)C)(N(C)C)N(C)C. The predicted molar refractivity (Wildman–Crippen MR) is 91.9 cm³/mol. The van der Waals surface area contributed by atoms with Gasteiger partial charge in [0.2, 0.25) is 0 Å². The molecule has 5 nitrogen and oxygen atoms in total. The van der Waals surface area contributed by atoms with Gasteiger partial charge in [-0.1, -0.05) is 0 Å². The van der Waals surface area contributed by atoms with E-state index in [-0.39, 0.29) is 0 Å². The fraction of sp³-hybridized carbons (Fsp3) is 1.00. The molecule has 20 heavy (non-hydrogen) atoms. The molecule has 0 aliphatic heterocycles. The van der Waals surface area contributed by atoms with E-state index in [0.717, 1.165) is 13.1 Å². The average Bonchev–Trinajstić information content (AvgIpc) is 2.36. The molecule has 6 heteroatoms. The first kappa shape index (κ1) is 20.2. The second-order valence-corrected chi connectivity index (χ2v) is 10.00. The Kier molecular flexibility index (Phi) is 10.2. The van der Waals surface area contributed by atoms with E-state index < -0.39 is 7.94 Å². The van der Waals surface area contributed by atoms with Gasteiger partial charge >= 0.3 is 127 Å². The second kappa shape index (κ2) is 10.0. The summed E-state index contributed by atoms with van der Waals surface area (Å²) in [6.45, 7) is 6.49. The van der Waals surface area contributed by atoms with Crippen LogP contribution in [-0.4, -0.2) is 74.5 Å². The van der Waals surface area contributed by atoms with Crippen LogP contribution in [0.3, 0.4) is 0 Å². The van der Waals surface area contributed by atoms with Crippen LogP contribution in [0.25, 0.3) is 0 Å². The molecule has 0 aromatic heterocycles. The number of unbranched alkanes of at least 4 members (excludes halogenated alkanes) is 2. The number of hydroxylamine groups is 2. The first-order valence-electron chi connectivity index (χ1n) is 7.79. The molecular weight excluding hydrogens is 271 g/mol. The van der Waals surface area contributed by atoms with E-state index in [2.05, 4.69) is 75.2 Å². The summed E-state index contributed by atoms with van der Waals surface area (Å²) in [6.07, 6.45) is 4.77. The Hall–Kier alpha value is 0.230. The van der Waals surface area contributed by atoms with E-state index in [9.17, 15) is 0 Å².